The minimum absolute atomic E-state index is 0.324. The van der Waals surface area contributed by atoms with E-state index in [1.165, 1.54) is 0 Å². The van der Waals surface area contributed by atoms with E-state index in [2.05, 4.69) is 15.5 Å². The zero-order valence-electron chi connectivity index (χ0n) is 5.85. The molecule has 1 unspecified atom stereocenters. The Kier molecular flexibility index (Phi) is 4.98. The van der Waals surface area contributed by atoms with Gasteiger partial charge in [0.1, 0.15) is 6.61 Å². The molecule has 7 heteroatoms. The number of hydrogen-bond donors (Lipinski definition) is 0. The van der Waals surface area contributed by atoms with Gasteiger partial charge in [-0.15, -0.1) is 6.42 Å². The molecule has 70 valence electrons. The molecule has 0 bridgehead atoms. The average Bonchev–Trinajstić information content (AvgIpc) is 1.95. The van der Waals surface area contributed by atoms with Crippen molar-refractivity contribution in [2.24, 2.45) is 0 Å². The first-order valence-electron chi connectivity index (χ1n) is 2.75. The lowest BCUT2D eigenvalue weighted by molar-refractivity contribution is -0.154. The normalized spacial score (nSPS) is 13.8. The molecule has 0 aromatic heterocycles. The van der Waals surface area contributed by atoms with Gasteiger partial charge in [-0.25, -0.2) is 0 Å². The Bertz CT molecular complexity index is 195. The fourth-order valence-electron chi connectivity index (χ4n) is 0.283. The average molecular weight is 202 g/mol. The predicted molar refractivity (Wildman–Crippen MR) is 35.8 cm³/mol. The van der Waals surface area contributed by atoms with Crippen LogP contribution in [0.4, 0.5) is 13.2 Å². The highest BCUT2D eigenvalue weighted by molar-refractivity contribution is 7.33. The molecule has 0 fully saturated rings. The van der Waals surface area contributed by atoms with Crippen LogP contribution in [0.5, 0.6) is 0 Å². The molecule has 0 heterocycles. The fraction of sp³-hybridized carbons (Fsp3) is 0.600. The molecule has 0 aliphatic carbocycles. The molecule has 1 atom stereocenters. The standard InChI is InChI=1S/C5H6F3O3P/c1-2-3-10-12(9)11-4-5(6,7)8/h1,12H,3-4H2. The maximum absolute atomic E-state index is 11.4. The highest BCUT2D eigenvalue weighted by Crippen LogP contribution is 2.27. The summed E-state index contributed by atoms with van der Waals surface area (Å²) in [5.74, 6) is 1.94. The number of rotatable bonds is 4. The van der Waals surface area contributed by atoms with E-state index in [4.69, 9.17) is 0 Å². The van der Waals surface area contributed by atoms with Crippen molar-refractivity contribution in [3.63, 3.8) is 0 Å². The molecule has 12 heavy (non-hydrogen) atoms. The fourth-order valence-corrected chi connectivity index (χ4v) is 0.849. The molecule has 0 amide bonds. The Morgan fingerprint density at radius 3 is 2.42 bits per heavy atom. The summed E-state index contributed by atoms with van der Waals surface area (Å²) < 4.78 is 52.6. The van der Waals surface area contributed by atoms with Gasteiger partial charge in [0.05, 0.1) is 0 Å². The summed E-state index contributed by atoms with van der Waals surface area (Å²) in [5.41, 5.74) is 0. The monoisotopic (exact) mass is 202 g/mol. The SMILES string of the molecule is C#CCO[PH](=O)OCC(F)(F)F. The predicted octanol–water partition coefficient (Wildman–Crippen LogP) is 1.60. The van der Waals surface area contributed by atoms with E-state index in [1.807, 2.05) is 5.92 Å². The highest BCUT2D eigenvalue weighted by Gasteiger charge is 2.28. The number of terminal acetylenes is 1. The van der Waals surface area contributed by atoms with Crippen LogP contribution in [0.15, 0.2) is 0 Å². The maximum atomic E-state index is 11.4. The van der Waals surface area contributed by atoms with Crippen LogP contribution in [0.3, 0.4) is 0 Å². The van der Waals surface area contributed by atoms with Crippen LogP contribution in [0.2, 0.25) is 0 Å². The lowest BCUT2D eigenvalue weighted by Gasteiger charge is -2.05. The second-order valence-corrected chi connectivity index (χ2v) is 2.72. The molecule has 0 aliphatic rings. The van der Waals surface area contributed by atoms with Gasteiger partial charge >= 0.3 is 14.4 Å². The van der Waals surface area contributed by atoms with Gasteiger partial charge < -0.3 is 4.52 Å². The number of halogens is 3. The second kappa shape index (κ2) is 5.20. The van der Waals surface area contributed by atoms with Crippen LogP contribution in [-0.2, 0) is 13.6 Å². The zero-order valence-corrected chi connectivity index (χ0v) is 6.85. The van der Waals surface area contributed by atoms with E-state index in [0.717, 1.165) is 0 Å². The molecular formula is C5H6F3O3P. The van der Waals surface area contributed by atoms with E-state index in [0.29, 0.717) is 0 Å². The Morgan fingerprint density at radius 2 is 2.00 bits per heavy atom. The quantitative estimate of drug-likeness (QED) is 0.513. The third-order valence-electron chi connectivity index (χ3n) is 0.627. The van der Waals surface area contributed by atoms with Crippen LogP contribution in [0, 0.1) is 12.3 Å². The molecule has 3 nitrogen and oxygen atoms in total. The van der Waals surface area contributed by atoms with E-state index in [1.54, 1.807) is 0 Å². The van der Waals surface area contributed by atoms with Crippen molar-refractivity contribution in [2.45, 2.75) is 6.18 Å². The van der Waals surface area contributed by atoms with Crippen molar-refractivity contribution >= 4 is 8.25 Å². The smallest absolute Gasteiger partial charge is 0.301 e. The van der Waals surface area contributed by atoms with Gasteiger partial charge in [-0.1, -0.05) is 5.92 Å². The van der Waals surface area contributed by atoms with Crippen molar-refractivity contribution in [2.75, 3.05) is 13.2 Å². The van der Waals surface area contributed by atoms with Crippen LogP contribution in [0.1, 0.15) is 0 Å². The summed E-state index contributed by atoms with van der Waals surface area (Å²) in [7, 11) is -3.10. The topological polar surface area (TPSA) is 35.5 Å². The largest absolute Gasteiger partial charge is 0.412 e. The van der Waals surface area contributed by atoms with E-state index in [9.17, 15) is 17.7 Å². The maximum Gasteiger partial charge on any atom is 0.412 e. The summed E-state index contributed by atoms with van der Waals surface area (Å²) in [5, 5.41) is 0. The lowest BCUT2D eigenvalue weighted by Crippen LogP contribution is -2.14. The van der Waals surface area contributed by atoms with Gasteiger partial charge in [0, 0.05) is 0 Å². The molecule has 0 saturated heterocycles. The molecule has 0 aromatic carbocycles. The molecular weight excluding hydrogens is 196 g/mol. The minimum atomic E-state index is -4.50. The Morgan fingerprint density at radius 1 is 1.42 bits per heavy atom. The van der Waals surface area contributed by atoms with Crippen molar-refractivity contribution in [1.82, 2.24) is 0 Å². The highest BCUT2D eigenvalue weighted by atomic mass is 31.1. The first-order chi connectivity index (χ1) is 5.45. The number of hydrogen-bond acceptors (Lipinski definition) is 3. The first-order valence-corrected chi connectivity index (χ1v) is 3.98. The summed E-state index contributed by atoms with van der Waals surface area (Å²) in [6.45, 7) is -1.91. The van der Waals surface area contributed by atoms with Crippen LogP contribution in [-0.4, -0.2) is 19.4 Å². The van der Waals surface area contributed by atoms with Crippen molar-refractivity contribution in [3.05, 3.63) is 0 Å². The molecule has 0 rings (SSSR count). The summed E-state index contributed by atoms with van der Waals surface area (Å²) >= 11 is 0. The van der Waals surface area contributed by atoms with E-state index >= 15 is 0 Å². The van der Waals surface area contributed by atoms with Crippen molar-refractivity contribution in [1.29, 1.82) is 0 Å². The third kappa shape index (κ3) is 7.61. The minimum Gasteiger partial charge on any atom is -0.301 e. The Balaban J connectivity index is 3.53. The van der Waals surface area contributed by atoms with E-state index < -0.39 is 21.0 Å². The second-order valence-electron chi connectivity index (χ2n) is 1.65. The van der Waals surface area contributed by atoms with Gasteiger partial charge in [0.25, 0.3) is 0 Å². The molecule has 0 aliphatic heterocycles. The van der Waals surface area contributed by atoms with Crippen LogP contribution < -0.4 is 0 Å². The van der Waals surface area contributed by atoms with Crippen molar-refractivity contribution < 1.29 is 26.8 Å². The molecule has 0 radical (unpaired) electrons. The Hall–Kier alpha value is -0.500. The summed E-state index contributed by atoms with van der Waals surface area (Å²) in [4.78, 5) is 0. The van der Waals surface area contributed by atoms with Gasteiger partial charge in [-0.2, -0.15) is 13.2 Å². The van der Waals surface area contributed by atoms with E-state index in [-0.39, 0.29) is 6.61 Å². The van der Waals surface area contributed by atoms with Gasteiger partial charge in [-0.3, -0.25) is 9.09 Å². The molecule has 0 saturated carbocycles. The summed E-state index contributed by atoms with van der Waals surface area (Å²) in [6, 6.07) is 0. The number of alkyl halides is 3. The lowest BCUT2D eigenvalue weighted by atomic mass is 10.7. The molecule has 0 spiro atoms. The zero-order chi connectivity index (χ0) is 9.61. The molecule has 0 aromatic rings. The van der Waals surface area contributed by atoms with Crippen LogP contribution in [0.25, 0.3) is 0 Å². The van der Waals surface area contributed by atoms with Crippen LogP contribution >= 0.6 is 8.25 Å². The molecule has 0 N–H and O–H groups in total. The third-order valence-corrected chi connectivity index (χ3v) is 1.39. The van der Waals surface area contributed by atoms with Crippen molar-refractivity contribution in [3.8, 4) is 12.3 Å². The summed E-state index contributed by atoms with van der Waals surface area (Å²) in [6.07, 6.45) is 0.183. The van der Waals surface area contributed by atoms with Gasteiger partial charge in [0.2, 0.25) is 0 Å². The Labute approximate surface area is 67.8 Å². The van der Waals surface area contributed by atoms with Gasteiger partial charge in [-0.05, 0) is 0 Å². The first kappa shape index (κ1) is 11.5. The van der Waals surface area contributed by atoms with Gasteiger partial charge in [0.15, 0.2) is 6.61 Å².